The molecule has 0 saturated heterocycles. The molecule has 4 aromatic rings. The maximum Gasteiger partial charge on any atom is 0.195 e. The van der Waals surface area contributed by atoms with Gasteiger partial charge in [0.2, 0.25) is 0 Å². The summed E-state index contributed by atoms with van der Waals surface area (Å²) in [4.78, 5) is 4.83. The van der Waals surface area contributed by atoms with Crippen LogP contribution < -0.4 is 0 Å². The highest BCUT2D eigenvalue weighted by Crippen LogP contribution is 2.25. The van der Waals surface area contributed by atoms with Gasteiger partial charge in [-0.2, -0.15) is 5.10 Å². The lowest BCUT2D eigenvalue weighted by molar-refractivity contribution is 0.657. The molecule has 5 nitrogen and oxygen atoms in total. The van der Waals surface area contributed by atoms with E-state index in [1.54, 1.807) is 0 Å². The Morgan fingerprint density at radius 1 is 1.00 bits per heavy atom. The molecular weight excluding hydrogens is 318 g/mol. The van der Waals surface area contributed by atoms with Gasteiger partial charge in [-0.25, -0.2) is 4.98 Å². The quantitative estimate of drug-likeness (QED) is 0.573. The smallest absolute Gasteiger partial charge is 0.195 e. The molecule has 2 aromatic heterocycles. The van der Waals surface area contributed by atoms with E-state index < -0.39 is 0 Å². The number of nitrogens with zero attached hydrogens (tertiary/aromatic N) is 4. The lowest BCUT2D eigenvalue weighted by Crippen LogP contribution is -2.09. The predicted molar refractivity (Wildman–Crippen MR) is 97.4 cm³/mol. The highest BCUT2D eigenvalue weighted by Gasteiger charge is 2.15. The first-order valence-corrected chi connectivity index (χ1v) is 8.33. The van der Waals surface area contributed by atoms with E-state index in [0.29, 0.717) is 11.3 Å². The van der Waals surface area contributed by atoms with Crippen LogP contribution in [-0.4, -0.2) is 24.3 Å². The molecule has 0 atom stereocenters. The predicted octanol–water partition coefficient (Wildman–Crippen LogP) is 4.03. The molecule has 0 aliphatic heterocycles. The first kappa shape index (κ1) is 14.8. The molecule has 0 saturated carbocycles. The molecule has 1 N–H and O–H groups in total. The van der Waals surface area contributed by atoms with E-state index in [9.17, 15) is 0 Å². The fraction of sp³-hybridized carbons (Fsp3) is 0.167. The average Bonchev–Trinajstić information content (AvgIpc) is 3.17. The lowest BCUT2D eigenvalue weighted by atomic mass is 10.2. The van der Waals surface area contributed by atoms with Crippen LogP contribution >= 0.6 is 12.2 Å². The van der Waals surface area contributed by atoms with Crippen molar-refractivity contribution < 1.29 is 0 Å². The molecule has 120 valence electrons. The normalized spacial score (nSPS) is 11.2. The molecular formula is C18H17N5S. The van der Waals surface area contributed by atoms with E-state index >= 15 is 0 Å². The van der Waals surface area contributed by atoms with Crippen LogP contribution in [0.4, 0.5) is 0 Å². The number of aromatic amines is 1. The standard InChI is InChI=1S/C18H17N5S/c1-2-22-16(20-21-18(22)24)12-23-15-11-7-6-10-14(15)19-17(23)13-8-4-3-5-9-13/h3-11H,2,12H2,1H3,(H,21,24). The van der Waals surface area contributed by atoms with Crippen LogP contribution in [0.2, 0.25) is 0 Å². The number of hydrogen-bond acceptors (Lipinski definition) is 3. The molecule has 4 rings (SSSR count). The maximum absolute atomic E-state index is 5.31. The van der Waals surface area contributed by atoms with Gasteiger partial charge in [0.15, 0.2) is 10.6 Å². The molecule has 0 aliphatic carbocycles. The van der Waals surface area contributed by atoms with E-state index in [1.807, 2.05) is 41.0 Å². The minimum atomic E-state index is 0.617. The van der Waals surface area contributed by atoms with Gasteiger partial charge in [0, 0.05) is 12.1 Å². The van der Waals surface area contributed by atoms with E-state index in [2.05, 4.69) is 39.9 Å². The molecule has 0 amide bonds. The van der Waals surface area contributed by atoms with Crippen LogP contribution in [0.5, 0.6) is 0 Å². The molecule has 2 heterocycles. The Morgan fingerprint density at radius 3 is 2.54 bits per heavy atom. The molecule has 0 radical (unpaired) electrons. The fourth-order valence-corrected chi connectivity index (χ4v) is 3.26. The van der Waals surface area contributed by atoms with Crippen LogP contribution in [0.1, 0.15) is 12.7 Å². The average molecular weight is 335 g/mol. The number of benzene rings is 2. The van der Waals surface area contributed by atoms with Gasteiger partial charge in [0.05, 0.1) is 17.6 Å². The van der Waals surface area contributed by atoms with Gasteiger partial charge < -0.3 is 9.13 Å². The summed E-state index contributed by atoms with van der Waals surface area (Å²) >= 11 is 5.31. The molecule has 2 aromatic carbocycles. The van der Waals surface area contributed by atoms with Crippen LogP contribution in [0.3, 0.4) is 0 Å². The SMILES string of the molecule is CCn1c(Cn2c(-c3ccccc3)nc3ccccc32)n[nH]c1=S. The third-order valence-corrected chi connectivity index (χ3v) is 4.45. The van der Waals surface area contributed by atoms with Crippen molar-refractivity contribution in [2.45, 2.75) is 20.0 Å². The molecule has 0 fully saturated rings. The van der Waals surface area contributed by atoms with Crippen molar-refractivity contribution in [3.8, 4) is 11.4 Å². The Morgan fingerprint density at radius 2 is 1.75 bits per heavy atom. The maximum atomic E-state index is 5.31. The zero-order valence-corrected chi connectivity index (χ0v) is 14.1. The monoisotopic (exact) mass is 335 g/mol. The number of nitrogens with one attached hydrogen (secondary N) is 1. The van der Waals surface area contributed by atoms with Crippen LogP contribution in [-0.2, 0) is 13.1 Å². The zero-order chi connectivity index (χ0) is 16.5. The van der Waals surface area contributed by atoms with Crippen LogP contribution in [0, 0.1) is 4.77 Å². The second kappa shape index (κ2) is 6.05. The lowest BCUT2D eigenvalue weighted by Gasteiger charge is -2.10. The van der Waals surface area contributed by atoms with Gasteiger partial charge in [-0.3, -0.25) is 5.10 Å². The zero-order valence-electron chi connectivity index (χ0n) is 13.3. The molecule has 0 aliphatic rings. The van der Waals surface area contributed by atoms with Gasteiger partial charge in [0.25, 0.3) is 0 Å². The van der Waals surface area contributed by atoms with E-state index in [4.69, 9.17) is 17.2 Å². The number of H-pyrrole nitrogens is 1. The van der Waals surface area contributed by atoms with Gasteiger partial charge in [-0.05, 0) is 31.3 Å². The number of rotatable bonds is 4. The van der Waals surface area contributed by atoms with Crippen LogP contribution in [0.25, 0.3) is 22.4 Å². The van der Waals surface area contributed by atoms with Crippen molar-refractivity contribution >= 4 is 23.3 Å². The van der Waals surface area contributed by atoms with Crippen molar-refractivity contribution in [3.63, 3.8) is 0 Å². The van der Waals surface area contributed by atoms with Crippen molar-refractivity contribution in [2.75, 3.05) is 0 Å². The number of imidazole rings is 1. The van der Waals surface area contributed by atoms with Crippen molar-refractivity contribution in [2.24, 2.45) is 0 Å². The topological polar surface area (TPSA) is 51.4 Å². The third kappa shape index (κ3) is 2.45. The van der Waals surface area contributed by atoms with Crippen LogP contribution in [0.15, 0.2) is 54.6 Å². The minimum absolute atomic E-state index is 0.617. The summed E-state index contributed by atoms with van der Waals surface area (Å²) in [6.07, 6.45) is 0. The summed E-state index contributed by atoms with van der Waals surface area (Å²) in [7, 11) is 0. The van der Waals surface area contributed by atoms with Crippen molar-refractivity contribution in [1.82, 2.24) is 24.3 Å². The second-order valence-corrected chi connectivity index (χ2v) is 5.95. The molecule has 0 unspecified atom stereocenters. The Balaban J connectivity index is 1.91. The summed E-state index contributed by atoms with van der Waals surface area (Å²) in [5.74, 6) is 1.84. The summed E-state index contributed by atoms with van der Waals surface area (Å²) in [6.45, 7) is 3.47. The number of hydrogen-bond donors (Lipinski definition) is 1. The van der Waals surface area contributed by atoms with Gasteiger partial charge in [0.1, 0.15) is 5.82 Å². The first-order valence-electron chi connectivity index (χ1n) is 7.92. The van der Waals surface area contributed by atoms with E-state index in [0.717, 1.165) is 34.8 Å². The molecule has 24 heavy (non-hydrogen) atoms. The summed E-state index contributed by atoms with van der Waals surface area (Å²) in [5, 5.41) is 7.29. The Bertz CT molecular complexity index is 1040. The fourth-order valence-electron chi connectivity index (χ4n) is 2.98. The summed E-state index contributed by atoms with van der Waals surface area (Å²) in [5.41, 5.74) is 3.16. The molecule has 0 spiro atoms. The van der Waals surface area contributed by atoms with Crippen molar-refractivity contribution in [1.29, 1.82) is 0 Å². The third-order valence-electron chi connectivity index (χ3n) is 4.14. The summed E-state index contributed by atoms with van der Waals surface area (Å²) < 4.78 is 4.86. The van der Waals surface area contributed by atoms with Gasteiger partial charge in [-0.15, -0.1) is 0 Å². The molecule has 0 bridgehead atoms. The largest absolute Gasteiger partial charge is 0.316 e. The van der Waals surface area contributed by atoms with E-state index in [-0.39, 0.29) is 0 Å². The number of fused-ring (bicyclic) bond motifs is 1. The second-order valence-electron chi connectivity index (χ2n) is 5.57. The number of aromatic nitrogens is 5. The van der Waals surface area contributed by atoms with Crippen molar-refractivity contribution in [3.05, 3.63) is 65.2 Å². The highest BCUT2D eigenvalue weighted by molar-refractivity contribution is 7.71. The first-order chi connectivity index (χ1) is 11.8. The Labute approximate surface area is 144 Å². The minimum Gasteiger partial charge on any atom is -0.316 e. The van der Waals surface area contributed by atoms with Gasteiger partial charge in [-0.1, -0.05) is 42.5 Å². The highest BCUT2D eigenvalue weighted by atomic mass is 32.1. The van der Waals surface area contributed by atoms with E-state index in [1.165, 1.54) is 0 Å². The summed E-state index contributed by atoms with van der Waals surface area (Å²) in [6, 6.07) is 18.4. The number of para-hydroxylation sites is 2. The Hall–Kier alpha value is -2.73. The molecule has 6 heteroatoms. The Kier molecular flexibility index (Phi) is 3.74. The van der Waals surface area contributed by atoms with Gasteiger partial charge >= 0.3 is 0 Å².